The molecule has 0 spiro atoms. The smallest absolute Gasteiger partial charge is 0.399 e. The fourth-order valence-electron chi connectivity index (χ4n) is 3.12. The van der Waals surface area contributed by atoms with Crippen molar-refractivity contribution >= 4 is 25.2 Å². The molecule has 9 heteroatoms. The lowest BCUT2D eigenvalue weighted by atomic mass is 9.71. The molecule has 1 aromatic rings. The van der Waals surface area contributed by atoms with E-state index in [0.29, 0.717) is 5.46 Å². The Labute approximate surface area is 165 Å². The van der Waals surface area contributed by atoms with Crippen molar-refractivity contribution in [2.24, 2.45) is 0 Å². The van der Waals surface area contributed by atoms with Crippen molar-refractivity contribution in [3.8, 4) is 0 Å². The summed E-state index contributed by atoms with van der Waals surface area (Å²) in [5.74, 6) is 0. The van der Waals surface area contributed by atoms with E-state index in [0.717, 1.165) is 6.07 Å². The zero-order valence-electron chi connectivity index (χ0n) is 17.7. The van der Waals surface area contributed by atoms with E-state index in [1.54, 1.807) is 33.8 Å². The fourth-order valence-corrected chi connectivity index (χ4v) is 3.12. The third kappa shape index (κ3) is 3.51. The Morgan fingerprint density at radius 2 is 1.07 bits per heavy atom. The van der Waals surface area contributed by atoms with Gasteiger partial charge in [0.05, 0.1) is 28.0 Å². The molecular weight excluding hydrogens is 371 g/mol. The van der Waals surface area contributed by atoms with Gasteiger partial charge in [-0.1, -0.05) is 18.2 Å². The molecule has 0 aliphatic carbocycles. The first-order valence-electron chi connectivity index (χ1n) is 9.39. The third-order valence-corrected chi connectivity index (χ3v) is 6.42. The van der Waals surface area contributed by atoms with Crippen LogP contribution in [0.15, 0.2) is 18.2 Å². The molecule has 2 heterocycles. The summed E-state index contributed by atoms with van der Waals surface area (Å²) >= 11 is 0. The molecule has 3 rings (SSSR count). The molecule has 28 heavy (non-hydrogen) atoms. The van der Waals surface area contributed by atoms with Crippen LogP contribution in [0.1, 0.15) is 61.0 Å². The van der Waals surface area contributed by atoms with Gasteiger partial charge in [0, 0.05) is 0 Å². The lowest BCUT2D eigenvalue weighted by Gasteiger charge is -2.32. The quantitative estimate of drug-likeness (QED) is 0.717. The summed E-state index contributed by atoms with van der Waals surface area (Å²) in [6.45, 7) is 14.6. The van der Waals surface area contributed by atoms with Crippen molar-refractivity contribution in [3.05, 3.63) is 23.8 Å². The Kier molecular flexibility index (Phi) is 4.83. The van der Waals surface area contributed by atoms with Gasteiger partial charge in [0.15, 0.2) is 0 Å². The van der Waals surface area contributed by atoms with Gasteiger partial charge >= 0.3 is 20.4 Å². The Balaban J connectivity index is 1.99. The SMILES string of the molecule is CC1(C)OB(c2ccc(B3OC(C)(C)C(C)(C)O3)c(C(F)(F)F)c2)OC1(C)C. The molecular formula is C19H27B2F3O4. The van der Waals surface area contributed by atoms with Gasteiger partial charge in [0.2, 0.25) is 0 Å². The van der Waals surface area contributed by atoms with Crippen LogP contribution in [-0.2, 0) is 24.8 Å². The average molecular weight is 398 g/mol. The third-order valence-electron chi connectivity index (χ3n) is 6.42. The molecule has 4 nitrogen and oxygen atoms in total. The van der Waals surface area contributed by atoms with E-state index >= 15 is 0 Å². The monoisotopic (exact) mass is 398 g/mol. The molecule has 0 atom stereocenters. The minimum atomic E-state index is -4.57. The lowest BCUT2D eigenvalue weighted by molar-refractivity contribution is -0.136. The molecule has 2 aliphatic rings. The van der Waals surface area contributed by atoms with Gasteiger partial charge in [-0.15, -0.1) is 0 Å². The number of hydrogen-bond acceptors (Lipinski definition) is 4. The standard InChI is InChI=1S/C19H27B2F3O4/c1-15(2)16(3,4)26-20(25-15)12-9-10-14(13(11-12)19(22,23)24)21-27-17(5,6)18(7,8)28-21/h9-11H,1-8H3. The highest BCUT2D eigenvalue weighted by Crippen LogP contribution is 2.39. The van der Waals surface area contributed by atoms with E-state index in [9.17, 15) is 13.2 Å². The molecule has 1 aromatic carbocycles. The number of halogens is 3. The highest BCUT2D eigenvalue weighted by Gasteiger charge is 2.55. The van der Waals surface area contributed by atoms with E-state index in [2.05, 4.69) is 0 Å². The predicted molar refractivity (Wildman–Crippen MR) is 103 cm³/mol. The van der Waals surface area contributed by atoms with Crippen LogP contribution in [0.3, 0.4) is 0 Å². The Bertz CT molecular complexity index is 743. The summed E-state index contributed by atoms with van der Waals surface area (Å²) in [7, 11) is -1.98. The molecule has 0 amide bonds. The fraction of sp³-hybridized carbons (Fsp3) is 0.684. The summed E-state index contributed by atoms with van der Waals surface area (Å²) in [6.07, 6.45) is -4.57. The molecule has 0 aromatic heterocycles. The summed E-state index contributed by atoms with van der Waals surface area (Å²) in [4.78, 5) is 0. The lowest BCUT2D eigenvalue weighted by Crippen LogP contribution is -2.42. The highest BCUT2D eigenvalue weighted by molar-refractivity contribution is 6.64. The van der Waals surface area contributed by atoms with Crippen molar-refractivity contribution in [1.82, 2.24) is 0 Å². The molecule has 0 radical (unpaired) electrons. The van der Waals surface area contributed by atoms with Crippen LogP contribution < -0.4 is 10.9 Å². The second-order valence-electron chi connectivity index (χ2n) is 9.52. The minimum Gasteiger partial charge on any atom is -0.399 e. The zero-order chi connectivity index (χ0) is 21.3. The normalized spacial score (nSPS) is 25.4. The molecule has 0 bridgehead atoms. The summed E-state index contributed by atoms with van der Waals surface area (Å²) in [5, 5.41) is 0. The van der Waals surface area contributed by atoms with Gasteiger partial charge in [-0.2, -0.15) is 13.2 Å². The Morgan fingerprint density at radius 3 is 1.46 bits per heavy atom. The van der Waals surface area contributed by atoms with Crippen molar-refractivity contribution in [2.75, 3.05) is 0 Å². The second-order valence-corrected chi connectivity index (χ2v) is 9.52. The van der Waals surface area contributed by atoms with Crippen LogP contribution in [0, 0.1) is 0 Å². The molecule has 2 saturated heterocycles. The van der Waals surface area contributed by atoms with Gasteiger partial charge in [-0.3, -0.25) is 0 Å². The molecule has 0 unspecified atom stereocenters. The van der Waals surface area contributed by atoms with Crippen LogP contribution in [0.5, 0.6) is 0 Å². The van der Waals surface area contributed by atoms with Crippen molar-refractivity contribution in [1.29, 1.82) is 0 Å². The van der Waals surface area contributed by atoms with E-state index in [-0.39, 0.29) is 5.46 Å². The van der Waals surface area contributed by atoms with Gasteiger partial charge < -0.3 is 18.6 Å². The highest BCUT2D eigenvalue weighted by atomic mass is 19.4. The van der Waals surface area contributed by atoms with Crippen molar-refractivity contribution in [2.45, 2.75) is 84.0 Å². The van der Waals surface area contributed by atoms with Crippen LogP contribution >= 0.6 is 0 Å². The average Bonchev–Trinajstić information content (AvgIpc) is 2.85. The summed E-state index contributed by atoms with van der Waals surface area (Å²) in [6, 6.07) is 4.05. The Hall–Kier alpha value is -1.02. The number of hydrogen-bond donors (Lipinski definition) is 0. The van der Waals surface area contributed by atoms with E-state index in [1.807, 2.05) is 27.7 Å². The van der Waals surface area contributed by atoms with Crippen molar-refractivity contribution < 1.29 is 31.8 Å². The largest absolute Gasteiger partial charge is 0.495 e. The predicted octanol–water partition coefficient (Wildman–Crippen LogP) is 3.30. The molecule has 2 aliphatic heterocycles. The Morgan fingerprint density at radius 1 is 0.679 bits per heavy atom. The van der Waals surface area contributed by atoms with Crippen LogP contribution in [0.25, 0.3) is 0 Å². The summed E-state index contributed by atoms with van der Waals surface area (Å²) < 4.78 is 65.1. The first-order chi connectivity index (χ1) is 12.5. The van der Waals surface area contributed by atoms with Crippen LogP contribution in [-0.4, -0.2) is 36.6 Å². The van der Waals surface area contributed by atoms with E-state index in [1.165, 1.54) is 6.07 Å². The topological polar surface area (TPSA) is 36.9 Å². The van der Waals surface area contributed by atoms with E-state index in [4.69, 9.17) is 18.6 Å². The van der Waals surface area contributed by atoms with Gasteiger partial charge in [-0.25, -0.2) is 0 Å². The first kappa shape index (κ1) is 21.7. The molecule has 2 fully saturated rings. The van der Waals surface area contributed by atoms with E-state index < -0.39 is 48.4 Å². The van der Waals surface area contributed by atoms with Gasteiger partial charge in [0.1, 0.15) is 0 Å². The number of rotatable bonds is 2. The maximum Gasteiger partial charge on any atom is 0.495 e. The van der Waals surface area contributed by atoms with Crippen LogP contribution in [0.4, 0.5) is 13.2 Å². The molecule has 0 N–H and O–H groups in total. The van der Waals surface area contributed by atoms with Crippen LogP contribution in [0.2, 0.25) is 0 Å². The molecule has 0 saturated carbocycles. The maximum absolute atomic E-state index is 13.9. The van der Waals surface area contributed by atoms with Gasteiger partial charge in [-0.05, 0) is 66.3 Å². The maximum atomic E-state index is 13.9. The first-order valence-corrected chi connectivity index (χ1v) is 9.39. The van der Waals surface area contributed by atoms with Gasteiger partial charge in [0.25, 0.3) is 0 Å². The second kappa shape index (κ2) is 6.24. The number of alkyl halides is 3. The minimum absolute atomic E-state index is 0.0496. The summed E-state index contributed by atoms with van der Waals surface area (Å²) in [5.41, 5.74) is -3.28. The van der Waals surface area contributed by atoms with Crippen molar-refractivity contribution in [3.63, 3.8) is 0 Å². The molecule has 154 valence electrons. The number of benzene rings is 1. The zero-order valence-corrected chi connectivity index (χ0v) is 17.7.